The maximum atomic E-state index is 8.73. The lowest BCUT2D eigenvalue weighted by Gasteiger charge is -2.22. The number of nitrogens with one attached hydrogen (secondary N) is 1. The monoisotopic (exact) mass is 168 g/mol. The zero-order valence-electron chi connectivity index (χ0n) is 8.86. The van der Waals surface area contributed by atoms with Crippen LogP contribution in [0.15, 0.2) is 0 Å². The Balaban J connectivity index is 3.66. The number of rotatable bonds is 3. The van der Waals surface area contributed by atoms with E-state index in [4.69, 9.17) is 5.26 Å². The van der Waals surface area contributed by atoms with E-state index in [9.17, 15) is 0 Å². The third kappa shape index (κ3) is 6.18. The number of nitriles is 1. The van der Waals surface area contributed by atoms with Crippen molar-refractivity contribution in [3.05, 3.63) is 0 Å². The van der Waals surface area contributed by atoms with Gasteiger partial charge in [0.1, 0.15) is 0 Å². The average Bonchev–Trinajstić information content (AvgIpc) is 1.84. The molecule has 0 aliphatic carbocycles. The van der Waals surface area contributed by atoms with Crippen LogP contribution in [-0.4, -0.2) is 13.1 Å². The Bertz CT molecular complexity index is 169. The molecule has 0 atom stereocenters. The van der Waals surface area contributed by atoms with E-state index in [1.807, 2.05) is 13.8 Å². The topological polar surface area (TPSA) is 35.8 Å². The second kappa shape index (κ2) is 3.91. The van der Waals surface area contributed by atoms with Gasteiger partial charge in [-0.15, -0.1) is 0 Å². The lowest BCUT2D eigenvalue weighted by molar-refractivity contribution is 0.346. The van der Waals surface area contributed by atoms with E-state index in [1.165, 1.54) is 0 Å². The van der Waals surface area contributed by atoms with Crippen molar-refractivity contribution in [2.75, 3.05) is 13.1 Å². The van der Waals surface area contributed by atoms with E-state index in [-0.39, 0.29) is 5.41 Å². The molecule has 0 fully saturated rings. The summed E-state index contributed by atoms with van der Waals surface area (Å²) in [6.07, 6.45) is 0. The summed E-state index contributed by atoms with van der Waals surface area (Å²) in [6, 6.07) is 2.27. The fraction of sp³-hybridized carbons (Fsp3) is 0.900. The van der Waals surface area contributed by atoms with Crippen LogP contribution in [0, 0.1) is 22.2 Å². The molecule has 0 aromatic rings. The summed E-state index contributed by atoms with van der Waals surface area (Å²) in [5.41, 5.74) is 0.0524. The van der Waals surface area contributed by atoms with E-state index in [1.54, 1.807) is 0 Å². The van der Waals surface area contributed by atoms with Crippen LogP contribution in [0.1, 0.15) is 34.6 Å². The van der Waals surface area contributed by atoms with Gasteiger partial charge in [0, 0.05) is 13.1 Å². The minimum atomic E-state index is -0.245. The van der Waals surface area contributed by atoms with Gasteiger partial charge in [0.15, 0.2) is 0 Å². The predicted octanol–water partition coefficient (Wildman–Crippen LogP) is 2.17. The van der Waals surface area contributed by atoms with Gasteiger partial charge in [-0.2, -0.15) is 5.26 Å². The lowest BCUT2D eigenvalue weighted by atomic mass is 9.93. The molecular formula is C10H20N2. The van der Waals surface area contributed by atoms with Gasteiger partial charge >= 0.3 is 0 Å². The molecule has 0 heterocycles. The summed E-state index contributed by atoms with van der Waals surface area (Å²) in [5, 5.41) is 12.0. The van der Waals surface area contributed by atoms with E-state index >= 15 is 0 Å². The standard InChI is InChI=1S/C10H20N2/c1-9(2,3)7-12-8-10(4,5)6-11/h12H,7-8H2,1-5H3. The Hall–Kier alpha value is -0.550. The largest absolute Gasteiger partial charge is 0.315 e. The van der Waals surface area contributed by atoms with E-state index < -0.39 is 0 Å². The zero-order chi connectivity index (χ0) is 9.83. The van der Waals surface area contributed by atoms with Gasteiger partial charge in [0.2, 0.25) is 0 Å². The fourth-order valence-electron chi connectivity index (χ4n) is 0.790. The van der Waals surface area contributed by atoms with E-state index in [2.05, 4.69) is 32.2 Å². The molecule has 0 saturated heterocycles. The fourth-order valence-corrected chi connectivity index (χ4v) is 0.790. The number of hydrogen-bond donors (Lipinski definition) is 1. The quantitative estimate of drug-likeness (QED) is 0.701. The highest BCUT2D eigenvalue weighted by molar-refractivity contribution is 4.93. The van der Waals surface area contributed by atoms with Crippen molar-refractivity contribution >= 4 is 0 Å². The van der Waals surface area contributed by atoms with Gasteiger partial charge in [-0.25, -0.2) is 0 Å². The van der Waals surface area contributed by atoms with Crippen molar-refractivity contribution in [3.8, 4) is 6.07 Å². The lowest BCUT2D eigenvalue weighted by Crippen LogP contribution is -2.34. The summed E-state index contributed by atoms with van der Waals surface area (Å²) in [7, 11) is 0. The molecular weight excluding hydrogens is 148 g/mol. The molecule has 1 N–H and O–H groups in total. The molecule has 0 radical (unpaired) electrons. The molecule has 0 aromatic heterocycles. The van der Waals surface area contributed by atoms with E-state index in [0.717, 1.165) is 13.1 Å². The molecule has 0 aromatic carbocycles. The number of nitrogens with zero attached hydrogens (tertiary/aromatic N) is 1. The third-order valence-electron chi connectivity index (χ3n) is 1.52. The third-order valence-corrected chi connectivity index (χ3v) is 1.52. The molecule has 70 valence electrons. The minimum Gasteiger partial charge on any atom is -0.315 e. The first kappa shape index (κ1) is 11.4. The summed E-state index contributed by atoms with van der Waals surface area (Å²) in [6.45, 7) is 12.2. The molecule has 0 aliphatic heterocycles. The van der Waals surface area contributed by atoms with Crippen molar-refractivity contribution in [1.82, 2.24) is 5.32 Å². The molecule has 0 unspecified atom stereocenters. The van der Waals surface area contributed by atoms with Crippen LogP contribution in [0.2, 0.25) is 0 Å². The van der Waals surface area contributed by atoms with Crippen LogP contribution >= 0.6 is 0 Å². The molecule has 0 aliphatic rings. The van der Waals surface area contributed by atoms with Crippen molar-refractivity contribution < 1.29 is 0 Å². The van der Waals surface area contributed by atoms with Crippen molar-refractivity contribution in [2.45, 2.75) is 34.6 Å². The van der Waals surface area contributed by atoms with Gasteiger partial charge in [0.05, 0.1) is 11.5 Å². The first-order chi connectivity index (χ1) is 5.27. The summed E-state index contributed by atoms with van der Waals surface area (Å²) >= 11 is 0. The van der Waals surface area contributed by atoms with Crippen LogP contribution < -0.4 is 5.32 Å². The maximum absolute atomic E-state index is 8.73. The SMILES string of the molecule is CC(C)(C)CNCC(C)(C)C#N. The smallest absolute Gasteiger partial charge is 0.0697 e. The van der Waals surface area contributed by atoms with Crippen molar-refractivity contribution in [2.24, 2.45) is 10.8 Å². The highest BCUT2D eigenvalue weighted by Crippen LogP contribution is 2.14. The number of hydrogen-bond acceptors (Lipinski definition) is 2. The Morgan fingerprint density at radius 2 is 1.58 bits per heavy atom. The van der Waals surface area contributed by atoms with Gasteiger partial charge in [0.25, 0.3) is 0 Å². The molecule has 0 saturated carbocycles. The maximum Gasteiger partial charge on any atom is 0.0697 e. The molecule has 12 heavy (non-hydrogen) atoms. The zero-order valence-corrected chi connectivity index (χ0v) is 8.86. The van der Waals surface area contributed by atoms with Crippen LogP contribution in [0.3, 0.4) is 0 Å². The highest BCUT2D eigenvalue weighted by Gasteiger charge is 2.17. The Kier molecular flexibility index (Phi) is 3.73. The van der Waals surface area contributed by atoms with Crippen LogP contribution in [0.25, 0.3) is 0 Å². The molecule has 0 bridgehead atoms. The van der Waals surface area contributed by atoms with Crippen LogP contribution in [-0.2, 0) is 0 Å². The first-order valence-corrected chi connectivity index (χ1v) is 4.39. The van der Waals surface area contributed by atoms with Gasteiger partial charge in [-0.3, -0.25) is 0 Å². The summed E-state index contributed by atoms with van der Waals surface area (Å²) in [5.74, 6) is 0. The Morgan fingerprint density at radius 3 is 1.92 bits per heavy atom. The predicted molar refractivity (Wildman–Crippen MR) is 51.7 cm³/mol. The van der Waals surface area contributed by atoms with Gasteiger partial charge in [-0.1, -0.05) is 20.8 Å². The Labute approximate surface area is 76.0 Å². The molecule has 2 heteroatoms. The molecule has 0 amide bonds. The van der Waals surface area contributed by atoms with Gasteiger partial charge in [-0.05, 0) is 19.3 Å². The minimum absolute atomic E-state index is 0.245. The van der Waals surface area contributed by atoms with Crippen molar-refractivity contribution in [3.63, 3.8) is 0 Å². The van der Waals surface area contributed by atoms with Gasteiger partial charge < -0.3 is 5.32 Å². The molecule has 2 nitrogen and oxygen atoms in total. The average molecular weight is 168 g/mol. The summed E-state index contributed by atoms with van der Waals surface area (Å²) in [4.78, 5) is 0. The molecule has 0 rings (SSSR count). The first-order valence-electron chi connectivity index (χ1n) is 4.39. The molecule has 0 spiro atoms. The second-order valence-electron chi connectivity index (χ2n) is 5.16. The second-order valence-corrected chi connectivity index (χ2v) is 5.16. The summed E-state index contributed by atoms with van der Waals surface area (Å²) < 4.78 is 0. The Morgan fingerprint density at radius 1 is 1.08 bits per heavy atom. The van der Waals surface area contributed by atoms with E-state index in [0.29, 0.717) is 5.41 Å². The van der Waals surface area contributed by atoms with Crippen molar-refractivity contribution in [1.29, 1.82) is 5.26 Å². The van der Waals surface area contributed by atoms with Crippen LogP contribution in [0.5, 0.6) is 0 Å². The highest BCUT2D eigenvalue weighted by atomic mass is 14.9. The van der Waals surface area contributed by atoms with Crippen LogP contribution in [0.4, 0.5) is 0 Å². The normalized spacial score (nSPS) is 12.7.